The molecule has 0 spiro atoms. The predicted molar refractivity (Wildman–Crippen MR) is 150 cm³/mol. The molecule has 2 rings (SSSR count). The minimum atomic E-state index is -1.21. The highest BCUT2D eigenvalue weighted by molar-refractivity contribution is 5.95. The van der Waals surface area contributed by atoms with E-state index in [4.69, 9.17) is 17.2 Å². The molecular formula is C27H41N7O6. The molecule has 1 aromatic heterocycles. The fourth-order valence-corrected chi connectivity index (χ4v) is 4.15. The van der Waals surface area contributed by atoms with Crippen LogP contribution in [0.25, 0.3) is 10.9 Å². The Hall–Kier alpha value is -3.97. The van der Waals surface area contributed by atoms with Crippen LogP contribution in [0.2, 0.25) is 0 Å². The lowest BCUT2D eigenvalue weighted by molar-refractivity contribution is -0.142. The first-order chi connectivity index (χ1) is 18.9. The number of aromatic amines is 1. The first-order valence-electron chi connectivity index (χ1n) is 13.4. The maximum Gasteiger partial charge on any atom is 0.326 e. The second-order valence-electron chi connectivity index (χ2n) is 10.1. The Labute approximate surface area is 233 Å². The van der Waals surface area contributed by atoms with Crippen molar-refractivity contribution in [1.29, 1.82) is 0 Å². The highest BCUT2D eigenvalue weighted by Gasteiger charge is 2.31. The van der Waals surface area contributed by atoms with E-state index in [-0.39, 0.29) is 31.6 Å². The number of carbonyl (C=O) groups excluding carboxylic acids is 4. The van der Waals surface area contributed by atoms with Gasteiger partial charge in [0.05, 0.1) is 6.04 Å². The summed E-state index contributed by atoms with van der Waals surface area (Å²) in [5.41, 5.74) is 18.2. The highest BCUT2D eigenvalue weighted by atomic mass is 16.4. The zero-order chi connectivity index (χ0) is 29.8. The Morgan fingerprint density at radius 3 is 2.15 bits per heavy atom. The van der Waals surface area contributed by atoms with Crippen LogP contribution in [0.5, 0.6) is 0 Å². The number of unbranched alkanes of at least 4 members (excludes halogenated alkanes) is 1. The van der Waals surface area contributed by atoms with Crippen molar-refractivity contribution < 1.29 is 29.1 Å². The molecule has 0 bridgehead atoms. The van der Waals surface area contributed by atoms with Crippen molar-refractivity contribution >= 4 is 40.5 Å². The van der Waals surface area contributed by atoms with Gasteiger partial charge in [-0.2, -0.15) is 0 Å². The standard InChI is InChI=1S/C27H41N7O6/c1-15(2)23(30)26(38)32-19(10-11-22(29)35)24(36)34-21(13-16-14-31-18-8-4-3-7-17(16)18)25(37)33-20(27(39)40)9-5-6-12-28/h3-4,7-8,14-15,19-21,23,31H,5-6,9-13,28,30H2,1-2H3,(H2,29,35)(H,32,38)(H,33,37)(H,34,36)(H,39,40). The molecule has 1 aromatic carbocycles. The van der Waals surface area contributed by atoms with Crippen LogP contribution < -0.4 is 33.2 Å². The van der Waals surface area contributed by atoms with E-state index in [0.717, 1.165) is 10.9 Å². The summed E-state index contributed by atoms with van der Waals surface area (Å²) in [6.45, 7) is 3.88. The molecule has 0 fully saturated rings. The van der Waals surface area contributed by atoms with Crippen molar-refractivity contribution in [3.63, 3.8) is 0 Å². The van der Waals surface area contributed by atoms with Gasteiger partial charge >= 0.3 is 5.97 Å². The molecule has 40 heavy (non-hydrogen) atoms. The summed E-state index contributed by atoms with van der Waals surface area (Å²) in [5, 5.41) is 18.2. The number of fused-ring (bicyclic) bond motifs is 1. The zero-order valence-corrected chi connectivity index (χ0v) is 22.9. The van der Waals surface area contributed by atoms with E-state index in [1.54, 1.807) is 20.0 Å². The highest BCUT2D eigenvalue weighted by Crippen LogP contribution is 2.19. The minimum absolute atomic E-state index is 0.0265. The lowest BCUT2D eigenvalue weighted by atomic mass is 10.0. The van der Waals surface area contributed by atoms with Gasteiger partial charge in [-0.05, 0) is 49.8 Å². The topological polar surface area (TPSA) is 236 Å². The molecule has 220 valence electrons. The van der Waals surface area contributed by atoms with Crippen molar-refractivity contribution in [2.75, 3.05) is 6.54 Å². The summed E-state index contributed by atoms with van der Waals surface area (Å²) in [4.78, 5) is 65.8. The SMILES string of the molecule is CC(C)C(N)C(=O)NC(CCC(N)=O)C(=O)NC(Cc1c[nH]c2ccccc12)C(=O)NC(CCCCN)C(=O)O. The molecule has 0 radical (unpaired) electrons. The number of carboxylic acids is 1. The van der Waals surface area contributed by atoms with Crippen LogP contribution in [0.15, 0.2) is 30.5 Å². The van der Waals surface area contributed by atoms with Crippen molar-refractivity contribution in [2.45, 2.75) is 76.5 Å². The van der Waals surface area contributed by atoms with Gasteiger partial charge < -0.3 is 43.2 Å². The molecule has 4 unspecified atom stereocenters. The Balaban J connectivity index is 2.32. The molecule has 4 atom stereocenters. The third-order valence-corrected chi connectivity index (χ3v) is 6.63. The Morgan fingerprint density at radius 2 is 1.52 bits per heavy atom. The fraction of sp³-hybridized carbons (Fsp3) is 0.519. The maximum absolute atomic E-state index is 13.4. The number of amides is 4. The van der Waals surface area contributed by atoms with Gasteiger partial charge in [0.15, 0.2) is 0 Å². The normalized spacial score (nSPS) is 14.2. The van der Waals surface area contributed by atoms with Crippen LogP contribution >= 0.6 is 0 Å². The smallest absolute Gasteiger partial charge is 0.326 e. The van der Waals surface area contributed by atoms with E-state index in [1.165, 1.54) is 0 Å². The summed E-state index contributed by atoms with van der Waals surface area (Å²) in [6, 6.07) is 2.90. The molecule has 0 saturated carbocycles. The molecule has 1 heterocycles. The number of nitrogens with one attached hydrogen (secondary N) is 4. The van der Waals surface area contributed by atoms with E-state index in [9.17, 15) is 29.1 Å². The number of aromatic nitrogens is 1. The number of aliphatic carboxylic acids is 1. The number of hydrogen-bond acceptors (Lipinski definition) is 7. The molecule has 0 aliphatic carbocycles. The third-order valence-electron chi connectivity index (χ3n) is 6.63. The predicted octanol–water partition coefficient (Wildman–Crippen LogP) is -0.373. The average molecular weight is 560 g/mol. The van der Waals surface area contributed by atoms with E-state index < -0.39 is 53.8 Å². The molecule has 11 N–H and O–H groups in total. The summed E-state index contributed by atoms with van der Waals surface area (Å²) in [5.74, 6) is -4.14. The van der Waals surface area contributed by atoms with E-state index in [1.807, 2.05) is 24.3 Å². The number of benzene rings is 1. The van der Waals surface area contributed by atoms with E-state index >= 15 is 0 Å². The Morgan fingerprint density at radius 1 is 0.900 bits per heavy atom. The van der Waals surface area contributed by atoms with Gasteiger partial charge in [0.25, 0.3) is 0 Å². The van der Waals surface area contributed by atoms with Crippen LogP contribution in [0.4, 0.5) is 0 Å². The number of H-pyrrole nitrogens is 1. The van der Waals surface area contributed by atoms with Crippen molar-refractivity contribution in [3.8, 4) is 0 Å². The molecule has 2 aromatic rings. The second kappa shape index (κ2) is 15.6. The lowest BCUT2D eigenvalue weighted by Crippen LogP contribution is -2.58. The largest absolute Gasteiger partial charge is 0.480 e. The molecule has 0 aliphatic rings. The number of primary amides is 1. The van der Waals surface area contributed by atoms with Gasteiger partial charge in [0, 0.05) is 29.9 Å². The van der Waals surface area contributed by atoms with E-state index in [2.05, 4.69) is 20.9 Å². The van der Waals surface area contributed by atoms with Gasteiger partial charge in [0.1, 0.15) is 18.1 Å². The summed E-state index contributed by atoms with van der Waals surface area (Å²) < 4.78 is 0. The fourth-order valence-electron chi connectivity index (χ4n) is 4.15. The van der Waals surface area contributed by atoms with Crippen LogP contribution in [0.1, 0.15) is 51.5 Å². The first kappa shape index (κ1) is 32.2. The van der Waals surface area contributed by atoms with Crippen LogP contribution in [-0.4, -0.2) is 70.4 Å². The lowest BCUT2D eigenvalue weighted by Gasteiger charge is -2.25. The quantitative estimate of drug-likeness (QED) is 0.119. The third kappa shape index (κ3) is 9.65. The van der Waals surface area contributed by atoms with Crippen LogP contribution in [0, 0.1) is 5.92 Å². The van der Waals surface area contributed by atoms with Gasteiger partial charge in [-0.25, -0.2) is 4.79 Å². The van der Waals surface area contributed by atoms with Gasteiger partial charge in [0.2, 0.25) is 23.6 Å². The molecule has 4 amide bonds. The van der Waals surface area contributed by atoms with E-state index in [0.29, 0.717) is 24.9 Å². The molecule has 13 heteroatoms. The molecular weight excluding hydrogens is 518 g/mol. The zero-order valence-electron chi connectivity index (χ0n) is 22.9. The van der Waals surface area contributed by atoms with Gasteiger partial charge in [-0.3, -0.25) is 19.2 Å². The minimum Gasteiger partial charge on any atom is -0.480 e. The Kier molecular flexibility index (Phi) is 12.6. The number of para-hydroxylation sites is 1. The number of carbonyl (C=O) groups is 5. The number of nitrogens with two attached hydrogens (primary N) is 3. The van der Waals surface area contributed by atoms with Crippen molar-refractivity contribution in [3.05, 3.63) is 36.0 Å². The molecule has 0 aliphatic heterocycles. The maximum atomic E-state index is 13.4. The van der Waals surface area contributed by atoms with Crippen molar-refractivity contribution in [2.24, 2.45) is 23.1 Å². The average Bonchev–Trinajstić information content (AvgIpc) is 3.31. The molecule has 0 saturated heterocycles. The number of hydrogen-bond donors (Lipinski definition) is 8. The van der Waals surface area contributed by atoms with Gasteiger partial charge in [-0.1, -0.05) is 32.0 Å². The van der Waals surface area contributed by atoms with Gasteiger partial charge in [-0.15, -0.1) is 0 Å². The van der Waals surface area contributed by atoms with Crippen LogP contribution in [-0.2, 0) is 30.4 Å². The Bertz CT molecular complexity index is 1180. The summed E-state index contributed by atoms with van der Waals surface area (Å²) >= 11 is 0. The summed E-state index contributed by atoms with van der Waals surface area (Å²) in [7, 11) is 0. The summed E-state index contributed by atoms with van der Waals surface area (Å²) in [6.07, 6.45) is 2.67. The van der Waals surface area contributed by atoms with Crippen LogP contribution in [0.3, 0.4) is 0 Å². The monoisotopic (exact) mass is 559 g/mol. The number of carboxylic acid groups (broad SMARTS) is 1. The second-order valence-corrected chi connectivity index (χ2v) is 10.1. The first-order valence-corrected chi connectivity index (χ1v) is 13.4. The van der Waals surface area contributed by atoms with Crippen molar-refractivity contribution in [1.82, 2.24) is 20.9 Å². The molecule has 13 nitrogen and oxygen atoms in total. The number of rotatable bonds is 17.